The van der Waals surface area contributed by atoms with E-state index in [-0.39, 0.29) is 24.2 Å². The number of imidazole rings is 1. The lowest BCUT2D eigenvalue weighted by atomic mass is 9.73. The molecule has 0 unspecified atom stereocenters. The normalized spacial score (nSPS) is 23.2. The van der Waals surface area contributed by atoms with Gasteiger partial charge in [-0.05, 0) is 25.8 Å². The Labute approximate surface area is 190 Å². The number of anilines is 1. The molecule has 2 atom stereocenters. The predicted molar refractivity (Wildman–Crippen MR) is 122 cm³/mol. The lowest BCUT2D eigenvalue weighted by Crippen LogP contribution is -2.51. The Kier molecular flexibility index (Phi) is 5.35. The maximum Gasteiger partial charge on any atom is 0.165 e. The highest BCUT2D eigenvalue weighted by Crippen LogP contribution is 2.42. The van der Waals surface area contributed by atoms with E-state index < -0.39 is 0 Å². The molecule has 31 heavy (non-hydrogen) atoms. The summed E-state index contributed by atoms with van der Waals surface area (Å²) >= 11 is 12.7. The summed E-state index contributed by atoms with van der Waals surface area (Å²) in [7, 11) is 0. The van der Waals surface area contributed by atoms with Crippen molar-refractivity contribution in [1.29, 1.82) is 0 Å². The third-order valence-corrected chi connectivity index (χ3v) is 7.70. The maximum absolute atomic E-state index is 9.96. The summed E-state index contributed by atoms with van der Waals surface area (Å²) in [5.74, 6) is 0.897. The van der Waals surface area contributed by atoms with Crippen LogP contribution in [0.4, 0.5) is 5.82 Å². The quantitative estimate of drug-likeness (QED) is 0.619. The molecule has 3 aromatic rings. The molecule has 9 heteroatoms. The molecule has 2 aliphatic rings. The van der Waals surface area contributed by atoms with Crippen LogP contribution >= 0.6 is 23.2 Å². The van der Waals surface area contributed by atoms with E-state index in [1.807, 2.05) is 22.7 Å². The molecule has 3 N–H and O–H groups in total. The molecule has 0 radical (unpaired) electrons. The zero-order valence-electron chi connectivity index (χ0n) is 17.3. The number of hydrogen-bond donors (Lipinski definition) is 2. The van der Waals surface area contributed by atoms with Gasteiger partial charge in [-0.15, -0.1) is 0 Å². The van der Waals surface area contributed by atoms with Gasteiger partial charge in [0.05, 0.1) is 47.5 Å². The highest BCUT2D eigenvalue weighted by molar-refractivity contribution is 6.43. The minimum atomic E-state index is -0.130. The lowest BCUT2D eigenvalue weighted by molar-refractivity contribution is 0.0974. The van der Waals surface area contributed by atoms with Crippen LogP contribution in [0.2, 0.25) is 10.0 Å². The second-order valence-corrected chi connectivity index (χ2v) is 9.31. The van der Waals surface area contributed by atoms with Crippen LogP contribution in [0.1, 0.15) is 25.5 Å². The molecule has 0 bridgehead atoms. The molecule has 2 aromatic heterocycles. The number of ether oxygens (including phenoxy) is 1. The van der Waals surface area contributed by atoms with E-state index in [4.69, 9.17) is 38.7 Å². The molecule has 7 nitrogen and oxygen atoms in total. The fraction of sp³-hybridized carbons (Fsp3) is 0.455. The van der Waals surface area contributed by atoms with Gasteiger partial charge in [-0.1, -0.05) is 35.3 Å². The molecule has 2 fully saturated rings. The van der Waals surface area contributed by atoms with Crippen LogP contribution < -0.4 is 10.6 Å². The molecule has 1 aromatic carbocycles. The summed E-state index contributed by atoms with van der Waals surface area (Å²) in [6.07, 6.45) is 5.50. The fourth-order valence-electron chi connectivity index (χ4n) is 4.91. The molecular formula is C22H25Cl2N5O2. The molecular weight excluding hydrogens is 437 g/mol. The Bertz CT molecular complexity index is 1130. The third-order valence-electron chi connectivity index (χ3n) is 6.88. The topological polar surface area (TPSA) is 88.9 Å². The van der Waals surface area contributed by atoms with Crippen molar-refractivity contribution in [1.82, 2.24) is 14.4 Å². The van der Waals surface area contributed by atoms with Crippen molar-refractivity contribution in [2.45, 2.75) is 38.5 Å². The molecule has 1 spiro atoms. The predicted octanol–water partition coefficient (Wildman–Crippen LogP) is 3.53. The summed E-state index contributed by atoms with van der Waals surface area (Å²) in [5, 5.41) is 10.9. The number of aliphatic hydroxyl groups excluding tert-OH is 1. The van der Waals surface area contributed by atoms with Gasteiger partial charge >= 0.3 is 0 Å². The van der Waals surface area contributed by atoms with E-state index >= 15 is 0 Å². The number of hydrogen-bond acceptors (Lipinski definition) is 6. The first kappa shape index (κ1) is 21.0. The Balaban J connectivity index is 1.54. The van der Waals surface area contributed by atoms with Crippen LogP contribution in [-0.2, 0) is 11.3 Å². The first-order valence-corrected chi connectivity index (χ1v) is 11.2. The highest BCUT2D eigenvalue weighted by Gasteiger charge is 2.47. The van der Waals surface area contributed by atoms with Crippen molar-refractivity contribution in [3.05, 3.63) is 46.3 Å². The van der Waals surface area contributed by atoms with E-state index in [0.29, 0.717) is 32.6 Å². The van der Waals surface area contributed by atoms with Crippen LogP contribution in [0.5, 0.6) is 0 Å². The number of halogens is 2. The van der Waals surface area contributed by atoms with Gasteiger partial charge in [0.25, 0.3) is 0 Å². The number of nitrogens with two attached hydrogens (primary N) is 1. The van der Waals surface area contributed by atoms with Gasteiger partial charge in [-0.3, -0.25) is 4.40 Å². The maximum atomic E-state index is 9.96. The van der Waals surface area contributed by atoms with E-state index in [9.17, 15) is 5.11 Å². The monoisotopic (exact) mass is 461 g/mol. The second kappa shape index (κ2) is 7.90. The van der Waals surface area contributed by atoms with Gasteiger partial charge in [0.1, 0.15) is 11.5 Å². The van der Waals surface area contributed by atoms with Crippen molar-refractivity contribution in [2.24, 2.45) is 11.1 Å². The largest absolute Gasteiger partial charge is 0.390 e. The molecule has 2 saturated heterocycles. The van der Waals surface area contributed by atoms with E-state index in [1.165, 1.54) is 0 Å². The zero-order chi connectivity index (χ0) is 21.8. The van der Waals surface area contributed by atoms with E-state index in [0.717, 1.165) is 38.4 Å². The Morgan fingerprint density at radius 2 is 2.00 bits per heavy atom. The number of aromatic nitrogens is 3. The molecule has 2 aliphatic heterocycles. The van der Waals surface area contributed by atoms with Crippen LogP contribution in [-0.4, -0.2) is 51.3 Å². The van der Waals surface area contributed by atoms with Gasteiger partial charge in [-0.2, -0.15) is 0 Å². The van der Waals surface area contributed by atoms with Gasteiger partial charge in [-0.25, -0.2) is 9.97 Å². The average Bonchev–Trinajstić information content (AvgIpc) is 3.33. The number of aliphatic hydroxyl groups is 1. The minimum absolute atomic E-state index is 0.0332. The fourth-order valence-corrected chi connectivity index (χ4v) is 5.30. The van der Waals surface area contributed by atoms with Crippen LogP contribution in [0.3, 0.4) is 0 Å². The van der Waals surface area contributed by atoms with E-state index in [1.54, 1.807) is 12.3 Å². The highest BCUT2D eigenvalue weighted by atomic mass is 35.5. The minimum Gasteiger partial charge on any atom is -0.390 e. The SMILES string of the molecule is C[C@@H]1OCC2(CCN(c3cnc(-c4cccc(Cl)c4Cl)c4ncc(CO)n34)CC2)[C@@H]1N. The first-order valence-electron chi connectivity index (χ1n) is 10.5. The van der Waals surface area contributed by atoms with Gasteiger partial charge in [0, 0.05) is 30.1 Å². The number of nitrogens with zero attached hydrogens (tertiary/aromatic N) is 4. The van der Waals surface area contributed by atoms with Gasteiger partial charge in [0.15, 0.2) is 5.65 Å². The van der Waals surface area contributed by atoms with Crippen molar-refractivity contribution in [3.8, 4) is 11.3 Å². The van der Waals surface area contributed by atoms with Crippen molar-refractivity contribution in [2.75, 3.05) is 24.6 Å². The first-order chi connectivity index (χ1) is 14.9. The Morgan fingerprint density at radius 3 is 2.68 bits per heavy atom. The summed E-state index contributed by atoms with van der Waals surface area (Å²) < 4.78 is 7.82. The third kappa shape index (κ3) is 3.31. The summed E-state index contributed by atoms with van der Waals surface area (Å²) in [6.45, 7) is 4.31. The molecule has 5 rings (SSSR count). The molecule has 4 heterocycles. The molecule has 0 aliphatic carbocycles. The van der Waals surface area contributed by atoms with Crippen molar-refractivity contribution < 1.29 is 9.84 Å². The number of piperidine rings is 1. The van der Waals surface area contributed by atoms with Gasteiger partial charge in [0.2, 0.25) is 0 Å². The Hall–Kier alpha value is -1.90. The number of fused-ring (bicyclic) bond motifs is 1. The van der Waals surface area contributed by atoms with Gasteiger partial charge < -0.3 is 20.5 Å². The number of benzene rings is 1. The summed E-state index contributed by atoms with van der Waals surface area (Å²) in [6, 6.07) is 5.51. The molecule has 0 saturated carbocycles. The Morgan fingerprint density at radius 1 is 1.23 bits per heavy atom. The summed E-state index contributed by atoms with van der Waals surface area (Å²) in [5.41, 5.74) is 9.18. The summed E-state index contributed by atoms with van der Waals surface area (Å²) in [4.78, 5) is 11.6. The smallest absolute Gasteiger partial charge is 0.165 e. The van der Waals surface area contributed by atoms with Crippen LogP contribution in [0, 0.1) is 5.41 Å². The van der Waals surface area contributed by atoms with Crippen molar-refractivity contribution >= 4 is 34.7 Å². The molecule has 164 valence electrons. The molecule has 0 amide bonds. The van der Waals surface area contributed by atoms with Crippen LogP contribution in [0.15, 0.2) is 30.6 Å². The lowest BCUT2D eigenvalue weighted by Gasteiger charge is -2.42. The standard InChI is InChI=1S/C22H25Cl2N5O2/c1-13-20(25)22(12-31-13)5-7-28(8-6-22)17-10-26-19(15-3-2-4-16(23)18(15)24)21-27-9-14(11-30)29(17)21/h2-4,9-10,13,20,30H,5-8,11-12,25H2,1H3/t13-,20+/m0/s1. The number of rotatable bonds is 3. The van der Waals surface area contributed by atoms with Crippen LogP contribution in [0.25, 0.3) is 16.9 Å². The van der Waals surface area contributed by atoms with E-state index in [2.05, 4.69) is 16.8 Å². The van der Waals surface area contributed by atoms with Crippen molar-refractivity contribution in [3.63, 3.8) is 0 Å². The zero-order valence-corrected chi connectivity index (χ0v) is 18.8. The average molecular weight is 462 g/mol. The second-order valence-electron chi connectivity index (χ2n) is 8.52.